The highest BCUT2D eigenvalue weighted by molar-refractivity contribution is 6.39. The Labute approximate surface area is 132 Å². The average molecular weight is 303 g/mol. The molecule has 120 valence electrons. The zero-order valence-corrected chi connectivity index (χ0v) is 13.8. The van der Waals surface area contributed by atoms with Crippen LogP contribution in [0.2, 0.25) is 0 Å². The molecule has 1 fully saturated rings. The molecule has 2 rings (SSSR count). The molecule has 0 unspecified atom stereocenters. The molecule has 1 aliphatic heterocycles. The Morgan fingerprint density at radius 3 is 2.27 bits per heavy atom. The second-order valence-corrected chi connectivity index (χ2v) is 6.17. The number of amides is 2. The minimum Gasteiger partial charge on any atom is -0.334 e. The van der Waals surface area contributed by atoms with Gasteiger partial charge in [-0.3, -0.25) is 9.59 Å². The van der Waals surface area contributed by atoms with Gasteiger partial charge in [-0.1, -0.05) is 18.2 Å². The minimum atomic E-state index is -0.557. The lowest BCUT2D eigenvalue weighted by Crippen LogP contribution is -2.48. The number of carbonyl (C=O) groups is 2. The van der Waals surface area contributed by atoms with Crippen molar-refractivity contribution < 1.29 is 9.59 Å². The summed E-state index contributed by atoms with van der Waals surface area (Å²) in [7, 11) is 3.80. The molecule has 0 atom stereocenters. The monoisotopic (exact) mass is 303 g/mol. The summed E-state index contributed by atoms with van der Waals surface area (Å²) < 4.78 is 0. The van der Waals surface area contributed by atoms with Gasteiger partial charge in [0, 0.05) is 18.8 Å². The van der Waals surface area contributed by atoms with Gasteiger partial charge in [-0.05, 0) is 58.0 Å². The van der Waals surface area contributed by atoms with Gasteiger partial charge in [-0.2, -0.15) is 0 Å². The topological polar surface area (TPSA) is 52.7 Å². The predicted molar refractivity (Wildman–Crippen MR) is 87.8 cm³/mol. The number of benzene rings is 1. The highest BCUT2D eigenvalue weighted by Gasteiger charge is 2.28. The first-order valence-electron chi connectivity index (χ1n) is 7.73. The van der Waals surface area contributed by atoms with Crippen LogP contribution in [-0.2, 0) is 9.59 Å². The molecule has 1 heterocycles. The number of para-hydroxylation sites is 1. The quantitative estimate of drug-likeness (QED) is 0.848. The van der Waals surface area contributed by atoms with E-state index in [1.807, 2.05) is 32.0 Å². The van der Waals surface area contributed by atoms with Gasteiger partial charge in [-0.15, -0.1) is 0 Å². The number of likely N-dealkylation sites (N-methyl/N-ethyl adjacent to an activating group) is 1. The standard InChI is InChI=1S/C17H25N3O2/c1-12-6-5-7-13(2)15(12)18-16(21)17(22)20(4)14-8-10-19(3)11-9-14/h5-7,14H,8-11H2,1-4H3,(H,18,21). The van der Waals surface area contributed by atoms with Crippen LogP contribution in [0.3, 0.4) is 0 Å². The number of carbonyl (C=O) groups excluding carboxylic acids is 2. The Kier molecular flexibility index (Phi) is 5.19. The largest absolute Gasteiger partial charge is 0.334 e. The van der Waals surface area contributed by atoms with E-state index in [9.17, 15) is 9.59 Å². The molecule has 22 heavy (non-hydrogen) atoms. The fourth-order valence-corrected chi connectivity index (χ4v) is 2.89. The maximum atomic E-state index is 12.4. The zero-order valence-electron chi connectivity index (χ0n) is 13.8. The maximum Gasteiger partial charge on any atom is 0.313 e. The Balaban J connectivity index is 2.01. The van der Waals surface area contributed by atoms with Crippen molar-refractivity contribution in [1.29, 1.82) is 0 Å². The summed E-state index contributed by atoms with van der Waals surface area (Å²) in [6.07, 6.45) is 1.82. The van der Waals surface area contributed by atoms with E-state index in [4.69, 9.17) is 0 Å². The molecule has 1 aromatic rings. The highest BCUT2D eigenvalue weighted by Crippen LogP contribution is 2.20. The van der Waals surface area contributed by atoms with Gasteiger partial charge in [0.05, 0.1) is 0 Å². The van der Waals surface area contributed by atoms with Crippen molar-refractivity contribution in [2.75, 3.05) is 32.5 Å². The smallest absolute Gasteiger partial charge is 0.313 e. The number of nitrogens with zero attached hydrogens (tertiary/aromatic N) is 2. The van der Waals surface area contributed by atoms with Crippen LogP contribution in [0.15, 0.2) is 18.2 Å². The molecule has 0 aliphatic carbocycles. The molecule has 5 nitrogen and oxygen atoms in total. The molecule has 0 aromatic heterocycles. The van der Waals surface area contributed by atoms with Gasteiger partial charge in [0.1, 0.15) is 0 Å². The fourth-order valence-electron chi connectivity index (χ4n) is 2.89. The second kappa shape index (κ2) is 6.92. The van der Waals surface area contributed by atoms with Crippen molar-refractivity contribution in [3.8, 4) is 0 Å². The summed E-state index contributed by atoms with van der Waals surface area (Å²) in [6.45, 7) is 5.77. The lowest BCUT2D eigenvalue weighted by atomic mass is 10.0. The van der Waals surface area contributed by atoms with Gasteiger partial charge in [0.15, 0.2) is 0 Å². The minimum absolute atomic E-state index is 0.146. The van der Waals surface area contributed by atoms with Crippen molar-refractivity contribution >= 4 is 17.5 Å². The summed E-state index contributed by atoms with van der Waals surface area (Å²) in [5, 5.41) is 2.77. The molecule has 1 N–H and O–H groups in total. The number of nitrogens with one attached hydrogen (secondary N) is 1. The van der Waals surface area contributed by atoms with E-state index in [-0.39, 0.29) is 6.04 Å². The van der Waals surface area contributed by atoms with Gasteiger partial charge in [0.25, 0.3) is 0 Å². The summed E-state index contributed by atoms with van der Waals surface area (Å²) >= 11 is 0. The van der Waals surface area contributed by atoms with Crippen LogP contribution in [-0.4, -0.2) is 54.8 Å². The Bertz CT molecular complexity index is 543. The van der Waals surface area contributed by atoms with E-state index in [2.05, 4.69) is 17.3 Å². The van der Waals surface area contributed by atoms with Crippen LogP contribution >= 0.6 is 0 Å². The fraction of sp³-hybridized carbons (Fsp3) is 0.529. The first-order chi connectivity index (χ1) is 10.4. The second-order valence-electron chi connectivity index (χ2n) is 6.17. The number of anilines is 1. The average Bonchev–Trinajstić information content (AvgIpc) is 2.50. The van der Waals surface area contributed by atoms with Crippen LogP contribution < -0.4 is 5.32 Å². The number of aryl methyl sites for hydroxylation is 2. The molecule has 1 aliphatic rings. The Hall–Kier alpha value is -1.88. The lowest BCUT2D eigenvalue weighted by molar-refractivity contribution is -0.144. The lowest BCUT2D eigenvalue weighted by Gasteiger charge is -2.34. The van der Waals surface area contributed by atoms with Crippen molar-refractivity contribution in [3.05, 3.63) is 29.3 Å². The van der Waals surface area contributed by atoms with Crippen molar-refractivity contribution in [1.82, 2.24) is 9.80 Å². The van der Waals surface area contributed by atoms with E-state index in [0.29, 0.717) is 0 Å². The molecule has 0 saturated carbocycles. The van der Waals surface area contributed by atoms with Crippen molar-refractivity contribution in [2.24, 2.45) is 0 Å². The highest BCUT2D eigenvalue weighted by atomic mass is 16.2. The molecule has 1 aromatic carbocycles. The predicted octanol–water partition coefficient (Wildman–Crippen LogP) is 1.79. The van der Waals surface area contributed by atoms with Crippen LogP contribution in [0.25, 0.3) is 0 Å². The molecular weight excluding hydrogens is 278 g/mol. The third kappa shape index (κ3) is 3.65. The number of likely N-dealkylation sites (tertiary alicyclic amines) is 1. The molecule has 2 amide bonds. The number of rotatable bonds is 2. The van der Waals surface area contributed by atoms with Crippen LogP contribution in [0.5, 0.6) is 0 Å². The van der Waals surface area contributed by atoms with Crippen molar-refractivity contribution in [3.63, 3.8) is 0 Å². The third-order valence-corrected chi connectivity index (χ3v) is 4.47. The zero-order chi connectivity index (χ0) is 16.3. The summed E-state index contributed by atoms with van der Waals surface area (Å²) in [5.41, 5.74) is 2.66. The van der Waals surface area contributed by atoms with Gasteiger partial charge in [-0.25, -0.2) is 0 Å². The number of hydrogen-bond donors (Lipinski definition) is 1. The normalized spacial score (nSPS) is 16.4. The van der Waals surface area contributed by atoms with Crippen LogP contribution in [0, 0.1) is 13.8 Å². The molecular formula is C17H25N3O2. The SMILES string of the molecule is Cc1cccc(C)c1NC(=O)C(=O)N(C)C1CCN(C)CC1. The Morgan fingerprint density at radius 1 is 1.18 bits per heavy atom. The van der Waals surface area contributed by atoms with Crippen LogP contribution in [0.4, 0.5) is 5.69 Å². The van der Waals surface area contributed by atoms with E-state index in [1.165, 1.54) is 0 Å². The van der Waals surface area contributed by atoms with Gasteiger partial charge < -0.3 is 15.1 Å². The molecule has 1 saturated heterocycles. The van der Waals surface area contributed by atoms with Gasteiger partial charge >= 0.3 is 11.8 Å². The van der Waals surface area contributed by atoms with E-state index >= 15 is 0 Å². The van der Waals surface area contributed by atoms with Crippen LogP contribution in [0.1, 0.15) is 24.0 Å². The summed E-state index contributed by atoms with van der Waals surface area (Å²) in [4.78, 5) is 28.4. The van der Waals surface area contributed by atoms with E-state index in [0.717, 1.165) is 42.7 Å². The van der Waals surface area contributed by atoms with E-state index in [1.54, 1.807) is 11.9 Å². The summed E-state index contributed by atoms with van der Waals surface area (Å²) in [6, 6.07) is 5.93. The molecule has 0 radical (unpaired) electrons. The first-order valence-corrected chi connectivity index (χ1v) is 7.73. The summed E-state index contributed by atoms with van der Waals surface area (Å²) in [5.74, 6) is -1.02. The van der Waals surface area contributed by atoms with E-state index < -0.39 is 11.8 Å². The first kappa shape index (κ1) is 16.5. The maximum absolute atomic E-state index is 12.4. The molecule has 5 heteroatoms. The third-order valence-electron chi connectivity index (χ3n) is 4.47. The van der Waals surface area contributed by atoms with Crippen molar-refractivity contribution in [2.45, 2.75) is 32.7 Å². The molecule has 0 bridgehead atoms. The number of hydrogen-bond acceptors (Lipinski definition) is 3. The number of piperidine rings is 1. The molecule has 0 spiro atoms. The Morgan fingerprint density at radius 2 is 1.73 bits per heavy atom. The van der Waals surface area contributed by atoms with Gasteiger partial charge in [0.2, 0.25) is 0 Å².